The fraction of sp³-hybridized carbons (Fsp3) is 0.400. The number of carboxylic acid groups (broad SMARTS) is 1. The average molecular weight is 595 g/mol. The number of alkyl halides is 3. The second kappa shape index (κ2) is 11.3. The molecule has 0 spiro atoms. The van der Waals surface area contributed by atoms with E-state index in [0.29, 0.717) is 30.9 Å². The van der Waals surface area contributed by atoms with E-state index in [4.69, 9.17) is 0 Å². The lowest BCUT2D eigenvalue weighted by Crippen LogP contribution is -2.43. The fourth-order valence-electron chi connectivity index (χ4n) is 4.65. The van der Waals surface area contributed by atoms with Crippen molar-refractivity contribution < 1.29 is 37.1 Å². The lowest BCUT2D eigenvalue weighted by molar-refractivity contribution is -0.242. The number of rotatable bonds is 7. The van der Waals surface area contributed by atoms with E-state index in [2.05, 4.69) is 15.4 Å². The largest absolute Gasteiger partial charge is 0.530 e. The molecule has 1 saturated carbocycles. The van der Waals surface area contributed by atoms with Crippen LogP contribution >= 0.6 is 11.3 Å². The molecule has 41 heavy (non-hydrogen) atoms. The standard InChI is InChI=1S/C25H25F4N7O4S/c26-16-6-2-1-5-15(16)20-33-18(21(41-20)34-24(39)40)19(37)32-17-12-30-36(14-7-8-14)22(17)35-10-3-4-13(9-11-35)31-23(38)25(27,28)29/h1-2,5-6,12-14,34H,3-4,7-11H2,(H,31,38)(H,32,37)(H,39,40)/p-1. The maximum absolute atomic E-state index is 14.4. The summed E-state index contributed by atoms with van der Waals surface area (Å²) in [5.74, 6) is -2.82. The SMILES string of the molecule is O=C([O-])Nc1sc(-c2ccccc2F)nc1C(=O)Nc1cnn(C2CC2)c1N1CCCC(NC(=O)C(F)(F)F)CC1. The second-order valence-electron chi connectivity index (χ2n) is 9.69. The van der Waals surface area contributed by atoms with Crippen LogP contribution in [0.5, 0.6) is 0 Å². The molecular weight excluding hydrogens is 570 g/mol. The predicted octanol–water partition coefficient (Wildman–Crippen LogP) is 3.53. The first kappa shape index (κ1) is 28.3. The number of anilines is 3. The zero-order chi connectivity index (χ0) is 29.3. The Labute approximate surface area is 234 Å². The van der Waals surface area contributed by atoms with Crippen molar-refractivity contribution in [3.63, 3.8) is 0 Å². The molecule has 3 aromatic rings. The quantitative estimate of drug-likeness (QED) is 0.355. The van der Waals surface area contributed by atoms with E-state index >= 15 is 0 Å². The van der Waals surface area contributed by atoms with Gasteiger partial charge in [0, 0.05) is 24.7 Å². The summed E-state index contributed by atoms with van der Waals surface area (Å²) in [4.78, 5) is 42.2. The van der Waals surface area contributed by atoms with E-state index in [-0.39, 0.29) is 40.3 Å². The van der Waals surface area contributed by atoms with E-state index in [9.17, 15) is 37.1 Å². The lowest BCUT2D eigenvalue weighted by Gasteiger charge is -2.25. The van der Waals surface area contributed by atoms with Crippen molar-refractivity contribution in [3.05, 3.63) is 42.0 Å². The van der Waals surface area contributed by atoms with Crippen molar-refractivity contribution >= 4 is 45.8 Å². The minimum atomic E-state index is -4.97. The van der Waals surface area contributed by atoms with Gasteiger partial charge in [0.1, 0.15) is 27.6 Å². The van der Waals surface area contributed by atoms with Crippen molar-refractivity contribution in [2.75, 3.05) is 28.6 Å². The summed E-state index contributed by atoms with van der Waals surface area (Å²) >= 11 is 0.766. The molecule has 16 heteroatoms. The van der Waals surface area contributed by atoms with Crippen LogP contribution in [0.2, 0.25) is 0 Å². The third-order valence-electron chi connectivity index (χ3n) is 6.69. The maximum atomic E-state index is 14.4. The number of nitrogens with zero attached hydrogens (tertiary/aromatic N) is 4. The van der Waals surface area contributed by atoms with Gasteiger partial charge in [0.15, 0.2) is 11.5 Å². The van der Waals surface area contributed by atoms with Gasteiger partial charge in [0.05, 0.1) is 12.2 Å². The summed E-state index contributed by atoms with van der Waals surface area (Å²) in [5, 5.41) is 22.4. The van der Waals surface area contributed by atoms with Gasteiger partial charge in [-0.2, -0.15) is 18.3 Å². The molecule has 0 radical (unpaired) electrons. The lowest BCUT2D eigenvalue weighted by atomic mass is 10.1. The molecule has 1 aliphatic carbocycles. The van der Waals surface area contributed by atoms with E-state index in [1.54, 1.807) is 10.7 Å². The number of hydrogen-bond acceptors (Lipinski definition) is 8. The first-order valence-electron chi connectivity index (χ1n) is 12.8. The normalized spacial score (nSPS) is 17.6. The number of benzene rings is 1. The molecule has 3 heterocycles. The molecule has 1 unspecified atom stereocenters. The first-order valence-corrected chi connectivity index (χ1v) is 13.6. The Kier molecular flexibility index (Phi) is 7.84. The van der Waals surface area contributed by atoms with Crippen molar-refractivity contribution in [1.82, 2.24) is 20.1 Å². The molecule has 5 rings (SSSR count). The van der Waals surface area contributed by atoms with Crippen LogP contribution < -0.4 is 26.0 Å². The van der Waals surface area contributed by atoms with E-state index in [1.807, 2.05) is 15.5 Å². The Morgan fingerprint density at radius 2 is 1.80 bits per heavy atom. The first-order chi connectivity index (χ1) is 19.5. The van der Waals surface area contributed by atoms with Crippen molar-refractivity contribution in [2.24, 2.45) is 0 Å². The number of carbonyl (C=O) groups excluding carboxylic acids is 3. The van der Waals surface area contributed by atoms with Crippen LogP contribution in [0, 0.1) is 5.82 Å². The topological polar surface area (TPSA) is 144 Å². The molecule has 11 nitrogen and oxygen atoms in total. The Bertz CT molecular complexity index is 1470. The Morgan fingerprint density at radius 3 is 2.49 bits per heavy atom. The number of aromatic nitrogens is 3. The number of hydrogen-bond donors (Lipinski definition) is 3. The molecular formula is C25H24F4N7O4S-. The van der Waals surface area contributed by atoms with E-state index in [0.717, 1.165) is 24.2 Å². The van der Waals surface area contributed by atoms with E-state index < -0.39 is 35.9 Å². The van der Waals surface area contributed by atoms with Crippen molar-refractivity contribution in [3.8, 4) is 10.6 Å². The molecule has 2 aliphatic rings. The van der Waals surface area contributed by atoms with Gasteiger partial charge in [-0.3, -0.25) is 9.59 Å². The molecule has 1 atom stereocenters. The highest BCUT2D eigenvalue weighted by atomic mass is 32.1. The van der Waals surface area contributed by atoms with Crippen LogP contribution in [0.4, 0.5) is 38.9 Å². The Morgan fingerprint density at radius 1 is 1.05 bits per heavy atom. The molecule has 3 N–H and O–H groups in total. The van der Waals surface area contributed by atoms with Crippen molar-refractivity contribution in [1.29, 1.82) is 0 Å². The number of thiazole rings is 1. The van der Waals surface area contributed by atoms with Crippen LogP contribution in [-0.4, -0.2) is 58.0 Å². The van der Waals surface area contributed by atoms with E-state index in [1.165, 1.54) is 24.4 Å². The van der Waals surface area contributed by atoms with Gasteiger partial charge < -0.3 is 30.8 Å². The summed E-state index contributed by atoms with van der Waals surface area (Å²) < 4.78 is 54.4. The predicted molar refractivity (Wildman–Crippen MR) is 139 cm³/mol. The molecule has 1 saturated heterocycles. The zero-order valence-corrected chi connectivity index (χ0v) is 22.1. The highest BCUT2D eigenvalue weighted by Crippen LogP contribution is 2.41. The van der Waals surface area contributed by atoms with Gasteiger partial charge in [-0.1, -0.05) is 23.5 Å². The molecule has 1 aliphatic heterocycles. The second-order valence-corrected chi connectivity index (χ2v) is 10.7. The minimum absolute atomic E-state index is 0.0744. The summed E-state index contributed by atoms with van der Waals surface area (Å²) in [6.07, 6.45) is -2.44. The number of amides is 3. The van der Waals surface area contributed by atoms with Crippen LogP contribution in [0.25, 0.3) is 10.6 Å². The molecule has 2 aromatic heterocycles. The molecule has 2 fully saturated rings. The maximum Gasteiger partial charge on any atom is 0.471 e. The monoisotopic (exact) mass is 594 g/mol. The van der Waals surface area contributed by atoms with Crippen molar-refractivity contribution in [2.45, 2.75) is 50.4 Å². The zero-order valence-electron chi connectivity index (χ0n) is 21.3. The smallest absolute Gasteiger partial charge is 0.471 e. The Balaban J connectivity index is 1.39. The van der Waals surface area contributed by atoms with Crippen LogP contribution in [0.3, 0.4) is 0 Å². The number of carbonyl (C=O) groups is 3. The highest BCUT2D eigenvalue weighted by molar-refractivity contribution is 7.19. The van der Waals surface area contributed by atoms with Gasteiger partial charge in [-0.05, 0) is 44.2 Å². The molecule has 218 valence electrons. The van der Waals surface area contributed by atoms with Gasteiger partial charge in [0.25, 0.3) is 5.91 Å². The highest BCUT2D eigenvalue weighted by Gasteiger charge is 2.40. The fourth-order valence-corrected chi connectivity index (χ4v) is 5.62. The van der Waals surface area contributed by atoms with Crippen LogP contribution in [0.15, 0.2) is 30.5 Å². The van der Waals surface area contributed by atoms with Crippen LogP contribution in [0.1, 0.15) is 48.6 Å². The van der Waals surface area contributed by atoms with Gasteiger partial charge in [0.2, 0.25) is 0 Å². The minimum Gasteiger partial charge on any atom is -0.530 e. The number of nitrogens with one attached hydrogen (secondary N) is 3. The summed E-state index contributed by atoms with van der Waals surface area (Å²) in [6.45, 7) is 0.723. The average Bonchev–Trinajstić information content (AvgIpc) is 3.60. The third-order valence-corrected chi connectivity index (χ3v) is 7.70. The summed E-state index contributed by atoms with van der Waals surface area (Å²) in [5.41, 5.74) is 0.0739. The van der Waals surface area contributed by atoms with Gasteiger partial charge in [-0.25, -0.2) is 14.1 Å². The van der Waals surface area contributed by atoms with Gasteiger partial charge >= 0.3 is 12.1 Å². The number of halogens is 4. The summed E-state index contributed by atoms with van der Waals surface area (Å²) in [7, 11) is 0. The summed E-state index contributed by atoms with van der Waals surface area (Å²) in [6, 6.07) is 5.12. The van der Waals surface area contributed by atoms with Crippen LogP contribution in [-0.2, 0) is 4.79 Å². The Hall–Kier alpha value is -4.21. The molecule has 3 amide bonds. The van der Waals surface area contributed by atoms with Gasteiger partial charge in [-0.15, -0.1) is 0 Å². The molecule has 0 bridgehead atoms. The molecule has 1 aromatic carbocycles. The third kappa shape index (κ3) is 6.42.